The molecular weight excluding hydrogens is 459 g/mol. The smallest absolute Gasteiger partial charge is 0.416 e. The quantitative estimate of drug-likeness (QED) is 0.548. The van der Waals surface area contributed by atoms with Crippen molar-refractivity contribution in [1.29, 1.82) is 0 Å². The van der Waals surface area contributed by atoms with Gasteiger partial charge >= 0.3 is 12.3 Å². The Morgan fingerprint density at radius 2 is 1.83 bits per heavy atom. The average Bonchev–Trinajstić information content (AvgIpc) is 2.82. The van der Waals surface area contributed by atoms with Crippen molar-refractivity contribution in [2.24, 2.45) is 5.92 Å². The number of anilines is 3. The molecule has 2 N–H and O–H groups in total. The number of carbonyl (C=O) groups is 1. The summed E-state index contributed by atoms with van der Waals surface area (Å²) in [5.41, 5.74) is 1.55. The van der Waals surface area contributed by atoms with E-state index in [9.17, 15) is 23.1 Å². The van der Waals surface area contributed by atoms with Crippen LogP contribution in [0.15, 0.2) is 24.3 Å². The van der Waals surface area contributed by atoms with Crippen molar-refractivity contribution >= 4 is 23.5 Å². The van der Waals surface area contributed by atoms with Crippen LogP contribution in [0.4, 0.5) is 35.4 Å². The van der Waals surface area contributed by atoms with E-state index in [4.69, 9.17) is 9.97 Å². The number of nitrogens with one attached hydrogen (secondary N) is 1. The first-order valence-corrected chi connectivity index (χ1v) is 12.1. The Kier molecular flexibility index (Phi) is 7.37. The van der Waals surface area contributed by atoms with E-state index in [1.807, 2.05) is 19.0 Å². The molecule has 2 aliphatic rings. The number of hydrogen-bond donors (Lipinski definition) is 2. The molecule has 0 atom stereocenters. The van der Waals surface area contributed by atoms with Crippen molar-refractivity contribution < 1.29 is 23.1 Å². The molecule has 1 aromatic heterocycles. The summed E-state index contributed by atoms with van der Waals surface area (Å²) in [6.45, 7) is 0.170. The number of fused-ring (bicyclic) bond motifs is 1. The molecule has 0 bridgehead atoms. The van der Waals surface area contributed by atoms with Crippen molar-refractivity contribution in [2.75, 3.05) is 35.8 Å². The lowest BCUT2D eigenvalue weighted by Gasteiger charge is -2.32. The van der Waals surface area contributed by atoms with Gasteiger partial charge in [-0.05, 0) is 75.5 Å². The lowest BCUT2D eigenvalue weighted by atomic mass is 9.85. The fourth-order valence-electron chi connectivity index (χ4n) is 5.08. The minimum absolute atomic E-state index is 0.0475. The number of aryl methyl sites for hydroxylation is 1. The van der Waals surface area contributed by atoms with E-state index in [0.717, 1.165) is 79.9 Å². The van der Waals surface area contributed by atoms with Gasteiger partial charge in [-0.3, -0.25) is 4.90 Å². The minimum atomic E-state index is -4.52. The number of nitrogens with zero attached hydrogens (tertiary/aromatic N) is 4. The maximum Gasteiger partial charge on any atom is 0.416 e. The third-order valence-corrected chi connectivity index (χ3v) is 6.92. The molecule has 0 saturated heterocycles. The summed E-state index contributed by atoms with van der Waals surface area (Å²) in [7, 11) is 3.98. The highest BCUT2D eigenvalue weighted by atomic mass is 19.4. The number of carboxylic acid groups (broad SMARTS) is 1. The number of hydrogen-bond acceptors (Lipinski definition) is 5. The van der Waals surface area contributed by atoms with E-state index in [0.29, 0.717) is 5.95 Å². The zero-order valence-electron chi connectivity index (χ0n) is 20.1. The monoisotopic (exact) mass is 491 g/mol. The molecule has 4 rings (SSSR count). The maximum absolute atomic E-state index is 13.1. The van der Waals surface area contributed by atoms with E-state index in [-0.39, 0.29) is 24.2 Å². The topological polar surface area (TPSA) is 81.6 Å². The first-order chi connectivity index (χ1) is 16.6. The molecule has 1 heterocycles. The van der Waals surface area contributed by atoms with Crippen molar-refractivity contribution in [3.05, 3.63) is 41.1 Å². The summed E-state index contributed by atoms with van der Waals surface area (Å²) in [6.07, 6.45) is 1.66. The van der Waals surface area contributed by atoms with Gasteiger partial charge in [0.15, 0.2) is 0 Å². The molecule has 1 amide bonds. The highest BCUT2D eigenvalue weighted by Crippen LogP contribution is 2.34. The average molecular weight is 492 g/mol. The summed E-state index contributed by atoms with van der Waals surface area (Å²) in [5.74, 6) is 1.67. The molecule has 0 radical (unpaired) electrons. The molecular formula is C25H32F3N5O2. The van der Waals surface area contributed by atoms with E-state index in [1.54, 1.807) is 0 Å². The summed E-state index contributed by atoms with van der Waals surface area (Å²) in [5, 5.41) is 13.2. The standard InChI is InChI=1S/C25H32F3N5O2/c1-32(2)22-20-8-3-4-9-21(20)30-23(31-22)29-18-12-10-16(11-13-18)15-33(24(34)35)19-7-5-6-17(14-19)25(26,27)28/h5-7,14,16,18H,3-4,8-13,15H2,1-2H3,(H,34,35)(H,29,30,31). The van der Waals surface area contributed by atoms with Crippen LogP contribution in [0, 0.1) is 5.92 Å². The third kappa shape index (κ3) is 5.97. The predicted octanol–water partition coefficient (Wildman–Crippen LogP) is 5.60. The van der Waals surface area contributed by atoms with Crippen molar-refractivity contribution in [3.8, 4) is 0 Å². The normalized spacial score (nSPS) is 20.1. The molecule has 0 unspecified atom stereocenters. The van der Waals surface area contributed by atoms with Crippen LogP contribution < -0.4 is 15.1 Å². The van der Waals surface area contributed by atoms with Crippen LogP contribution in [-0.4, -0.2) is 47.8 Å². The van der Waals surface area contributed by atoms with Crippen LogP contribution in [0.5, 0.6) is 0 Å². The second kappa shape index (κ2) is 10.3. The lowest BCUT2D eigenvalue weighted by molar-refractivity contribution is -0.137. The fourth-order valence-corrected chi connectivity index (χ4v) is 5.08. The van der Waals surface area contributed by atoms with Gasteiger partial charge in [-0.15, -0.1) is 0 Å². The van der Waals surface area contributed by atoms with E-state index in [1.165, 1.54) is 17.7 Å². The highest BCUT2D eigenvalue weighted by Gasteiger charge is 2.32. The first kappa shape index (κ1) is 25.1. The third-order valence-electron chi connectivity index (χ3n) is 6.92. The second-order valence-electron chi connectivity index (χ2n) is 9.70. The van der Waals surface area contributed by atoms with Gasteiger partial charge in [0, 0.05) is 37.9 Å². The molecule has 7 nitrogen and oxygen atoms in total. The van der Waals surface area contributed by atoms with Crippen LogP contribution in [0.3, 0.4) is 0 Å². The molecule has 2 aliphatic carbocycles. The van der Waals surface area contributed by atoms with Crippen molar-refractivity contribution in [3.63, 3.8) is 0 Å². The number of amides is 1. The van der Waals surface area contributed by atoms with Gasteiger partial charge in [0.1, 0.15) is 5.82 Å². The summed E-state index contributed by atoms with van der Waals surface area (Å²) < 4.78 is 39.3. The molecule has 2 aromatic rings. The van der Waals surface area contributed by atoms with Gasteiger partial charge < -0.3 is 15.3 Å². The van der Waals surface area contributed by atoms with E-state index in [2.05, 4.69) is 5.32 Å². The fraction of sp³-hybridized carbons (Fsp3) is 0.560. The predicted molar refractivity (Wildman–Crippen MR) is 129 cm³/mol. The number of alkyl halides is 3. The molecule has 0 spiro atoms. The molecule has 1 fully saturated rings. The minimum Gasteiger partial charge on any atom is -0.465 e. The molecule has 1 saturated carbocycles. The number of benzene rings is 1. The van der Waals surface area contributed by atoms with Gasteiger partial charge in [-0.1, -0.05) is 6.07 Å². The van der Waals surface area contributed by atoms with Gasteiger partial charge in [-0.25, -0.2) is 9.78 Å². The van der Waals surface area contributed by atoms with Gasteiger partial charge in [0.25, 0.3) is 0 Å². The van der Waals surface area contributed by atoms with Crippen molar-refractivity contribution in [1.82, 2.24) is 9.97 Å². The lowest BCUT2D eigenvalue weighted by Crippen LogP contribution is -2.37. The Balaban J connectivity index is 1.39. The zero-order chi connectivity index (χ0) is 25.2. The zero-order valence-corrected chi connectivity index (χ0v) is 20.1. The summed E-state index contributed by atoms with van der Waals surface area (Å²) >= 11 is 0. The Labute approximate surface area is 203 Å². The van der Waals surface area contributed by atoms with E-state index >= 15 is 0 Å². The van der Waals surface area contributed by atoms with Crippen LogP contribution >= 0.6 is 0 Å². The van der Waals surface area contributed by atoms with E-state index < -0.39 is 17.8 Å². The van der Waals surface area contributed by atoms with Crippen LogP contribution in [0.2, 0.25) is 0 Å². The Bertz CT molecular complexity index is 1050. The molecule has 10 heteroatoms. The van der Waals surface area contributed by atoms with Crippen molar-refractivity contribution in [2.45, 2.75) is 63.6 Å². The Morgan fingerprint density at radius 1 is 1.11 bits per heavy atom. The van der Waals surface area contributed by atoms with Crippen LogP contribution in [0.25, 0.3) is 0 Å². The molecule has 35 heavy (non-hydrogen) atoms. The highest BCUT2D eigenvalue weighted by molar-refractivity contribution is 5.86. The summed E-state index contributed by atoms with van der Waals surface area (Å²) in [4.78, 5) is 24.5. The largest absolute Gasteiger partial charge is 0.465 e. The molecule has 190 valence electrons. The van der Waals surface area contributed by atoms with Gasteiger partial charge in [0.05, 0.1) is 11.3 Å². The number of aromatic nitrogens is 2. The van der Waals surface area contributed by atoms with Gasteiger partial charge in [0.2, 0.25) is 5.95 Å². The second-order valence-corrected chi connectivity index (χ2v) is 9.70. The first-order valence-electron chi connectivity index (χ1n) is 12.1. The summed E-state index contributed by atoms with van der Waals surface area (Å²) in [6, 6.07) is 4.68. The van der Waals surface area contributed by atoms with Gasteiger partial charge in [-0.2, -0.15) is 18.2 Å². The Morgan fingerprint density at radius 3 is 2.49 bits per heavy atom. The number of rotatable bonds is 6. The van der Waals surface area contributed by atoms with Crippen LogP contribution in [-0.2, 0) is 19.0 Å². The Hall–Kier alpha value is -3.04. The SMILES string of the molecule is CN(C)c1nc(NC2CCC(CN(C(=O)O)c3cccc(C(F)(F)F)c3)CC2)nc2c1CCCC2. The molecule has 0 aliphatic heterocycles. The van der Waals surface area contributed by atoms with Crippen LogP contribution in [0.1, 0.15) is 55.3 Å². The molecule has 1 aromatic carbocycles. The number of halogens is 3. The maximum atomic E-state index is 13.1.